The Kier molecular flexibility index (Phi) is 5.33. The fraction of sp³-hybridized carbons (Fsp3) is 0.412. The Bertz CT molecular complexity index is 600. The minimum atomic E-state index is -0.968. The second-order valence-electron chi connectivity index (χ2n) is 6.12. The summed E-state index contributed by atoms with van der Waals surface area (Å²) in [5.74, 6) is -0.135. The van der Waals surface area contributed by atoms with Gasteiger partial charge in [-0.05, 0) is 31.4 Å². The van der Waals surface area contributed by atoms with Gasteiger partial charge in [-0.3, -0.25) is 9.48 Å². The third-order valence-corrected chi connectivity index (χ3v) is 3.20. The molecule has 2 aromatic rings. The summed E-state index contributed by atoms with van der Waals surface area (Å²) < 4.78 is 1.89. The first-order valence-electron chi connectivity index (χ1n) is 7.47. The Morgan fingerprint density at radius 3 is 2.68 bits per heavy atom. The smallest absolute Gasteiger partial charge is 0.222 e. The van der Waals surface area contributed by atoms with Crippen LogP contribution in [0.25, 0.3) is 0 Å². The Balaban J connectivity index is 1.77. The van der Waals surface area contributed by atoms with Crippen molar-refractivity contribution in [3.63, 3.8) is 0 Å². The summed E-state index contributed by atoms with van der Waals surface area (Å²) in [4.78, 5) is 11.6. The summed E-state index contributed by atoms with van der Waals surface area (Å²) in [5, 5.41) is 16.7. The summed E-state index contributed by atoms with van der Waals surface area (Å²) in [6.45, 7) is 4.54. The number of aromatic nitrogens is 2. The Morgan fingerprint density at radius 2 is 2.00 bits per heavy atom. The van der Waals surface area contributed by atoms with Gasteiger partial charge in [-0.2, -0.15) is 5.10 Å². The van der Waals surface area contributed by atoms with Crippen molar-refractivity contribution >= 4 is 5.91 Å². The highest BCUT2D eigenvalue weighted by molar-refractivity contribution is 5.76. The average molecular weight is 301 g/mol. The number of carbonyl (C=O) groups is 1. The SMILES string of the molecule is CC(C)(O)CC(=O)NCCc1cnn(Cc2ccccc2)c1. The first-order valence-corrected chi connectivity index (χ1v) is 7.47. The van der Waals surface area contributed by atoms with Crippen LogP contribution in [0.2, 0.25) is 0 Å². The zero-order chi connectivity index (χ0) is 16.0. The van der Waals surface area contributed by atoms with Crippen molar-refractivity contribution in [2.45, 2.75) is 38.8 Å². The lowest BCUT2D eigenvalue weighted by Crippen LogP contribution is -2.33. The van der Waals surface area contributed by atoms with E-state index in [1.807, 2.05) is 35.3 Å². The molecule has 22 heavy (non-hydrogen) atoms. The fourth-order valence-corrected chi connectivity index (χ4v) is 2.19. The zero-order valence-electron chi connectivity index (χ0n) is 13.1. The summed E-state index contributed by atoms with van der Waals surface area (Å²) in [7, 11) is 0. The van der Waals surface area contributed by atoms with Gasteiger partial charge < -0.3 is 10.4 Å². The molecule has 2 N–H and O–H groups in total. The molecule has 0 aliphatic heterocycles. The maximum Gasteiger partial charge on any atom is 0.222 e. The molecule has 5 heteroatoms. The third-order valence-electron chi connectivity index (χ3n) is 3.20. The number of nitrogens with zero attached hydrogens (tertiary/aromatic N) is 2. The average Bonchev–Trinajstić information content (AvgIpc) is 2.85. The predicted octanol–water partition coefficient (Wildman–Crippen LogP) is 1.75. The van der Waals surface area contributed by atoms with Gasteiger partial charge in [-0.25, -0.2) is 0 Å². The molecule has 0 radical (unpaired) electrons. The summed E-state index contributed by atoms with van der Waals surface area (Å²) >= 11 is 0. The van der Waals surface area contributed by atoms with Gasteiger partial charge in [0, 0.05) is 12.7 Å². The number of benzene rings is 1. The molecule has 1 aromatic carbocycles. The minimum Gasteiger partial charge on any atom is -0.390 e. The zero-order valence-corrected chi connectivity index (χ0v) is 13.1. The van der Waals surface area contributed by atoms with E-state index >= 15 is 0 Å². The number of amides is 1. The fourth-order valence-electron chi connectivity index (χ4n) is 2.19. The quantitative estimate of drug-likeness (QED) is 0.819. The molecule has 0 spiro atoms. The highest BCUT2D eigenvalue weighted by Crippen LogP contribution is 2.07. The molecule has 0 atom stereocenters. The number of hydrogen-bond donors (Lipinski definition) is 2. The van der Waals surface area contributed by atoms with Crippen LogP contribution in [0.1, 0.15) is 31.4 Å². The second kappa shape index (κ2) is 7.22. The van der Waals surface area contributed by atoms with Crippen LogP contribution < -0.4 is 5.32 Å². The van der Waals surface area contributed by atoms with Crippen LogP contribution in [0.4, 0.5) is 0 Å². The molecule has 1 heterocycles. The highest BCUT2D eigenvalue weighted by atomic mass is 16.3. The van der Waals surface area contributed by atoms with Crippen molar-refractivity contribution < 1.29 is 9.90 Å². The van der Waals surface area contributed by atoms with E-state index in [1.165, 1.54) is 5.56 Å². The lowest BCUT2D eigenvalue weighted by atomic mass is 10.1. The van der Waals surface area contributed by atoms with Gasteiger partial charge in [0.1, 0.15) is 0 Å². The second-order valence-corrected chi connectivity index (χ2v) is 6.12. The maximum absolute atomic E-state index is 11.6. The van der Waals surface area contributed by atoms with Crippen LogP contribution in [0, 0.1) is 0 Å². The van der Waals surface area contributed by atoms with E-state index in [2.05, 4.69) is 22.5 Å². The van der Waals surface area contributed by atoms with Gasteiger partial charge in [0.2, 0.25) is 5.91 Å². The molecule has 1 amide bonds. The molecular weight excluding hydrogens is 278 g/mol. The Morgan fingerprint density at radius 1 is 1.27 bits per heavy atom. The normalized spacial score (nSPS) is 11.4. The molecule has 0 saturated heterocycles. The van der Waals surface area contributed by atoms with E-state index < -0.39 is 5.60 Å². The number of carbonyl (C=O) groups excluding carboxylic acids is 1. The molecule has 0 aliphatic carbocycles. The molecule has 2 rings (SSSR count). The van der Waals surface area contributed by atoms with E-state index in [-0.39, 0.29) is 12.3 Å². The number of nitrogens with one attached hydrogen (secondary N) is 1. The largest absolute Gasteiger partial charge is 0.390 e. The molecule has 1 aromatic heterocycles. The molecule has 0 aliphatic rings. The highest BCUT2D eigenvalue weighted by Gasteiger charge is 2.17. The van der Waals surface area contributed by atoms with Crippen LogP contribution in [0.5, 0.6) is 0 Å². The molecular formula is C17H23N3O2. The van der Waals surface area contributed by atoms with Gasteiger partial charge in [-0.1, -0.05) is 30.3 Å². The van der Waals surface area contributed by atoms with Crippen LogP contribution in [-0.2, 0) is 17.8 Å². The lowest BCUT2D eigenvalue weighted by Gasteiger charge is -2.16. The van der Waals surface area contributed by atoms with Crippen LogP contribution in [-0.4, -0.2) is 32.9 Å². The molecule has 118 valence electrons. The summed E-state index contributed by atoms with van der Waals surface area (Å²) in [5.41, 5.74) is 1.32. The number of aliphatic hydroxyl groups is 1. The summed E-state index contributed by atoms with van der Waals surface area (Å²) in [6, 6.07) is 10.2. The Labute approximate surface area is 131 Å². The minimum absolute atomic E-state index is 0.111. The van der Waals surface area contributed by atoms with Gasteiger partial charge >= 0.3 is 0 Å². The first kappa shape index (κ1) is 16.2. The molecule has 0 unspecified atom stereocenters. The third kappa shape index (κ3) is 5.69. The standard InChI is InChI=1S/C17H23N3O2/c1-17(2,22)10-16(21)18-9-8-15-11-19-20(13-15)12-14-6-4-3-5-7-14/h3-7,11,13,22H,8-10,12H2,1-2H3,(H,18,21). The van der Waals surface area contributed by atoms with E-state index in [0.29, 0.717) is 6.54 Å². The van der Waals surface area contributed by atoms with Gasteiger partial charge in [0.15, 0.2) is 0 Å². The number of rotatable bonds is 7. The monoisotopic (exact) mass is 301 g/mol. The molecule has 0 saturated carbocycles. The van der Waals surface area contributed by atoms with Crippen molar-refractivity contribution in [3.05, 3.63) is 53.9 Å². The van der Waals surface area contributed by atoms with E-state index in [4.69, 9.17) is 0 Å². The van der Waals surface area contributed by atoms with Gasteiger partial charge in [-0.15, -0.1) is 0 Å². The lowest BCUT2D eigenvalue weighted by molar-refractivity contribution is -0.124. The maximum atomic E-state index is 11.6. The molecule has 0 bridgehead atoms. The predicted molar refractivity (Wildman–Crippen MR) is 85.4 cm³/mol. The Hall–Kier alpha value is -2.14. The molecule has 5 nitrogen and oxygen atoms in total. The van der Waals surface area contributed by atoms with Crippen LogP contribution in [0.3, 0.4) is 0 Å². The van der Waals surface area contributed by atoms with Crippen molar-refractivity contribution in [1.82, 2.24) is 15.1 Å². The van der Waals surface area contributed by atoms with Crippen LogP contribution >= 0.6 is 0 Å². The molecule has 0 fully saturated rings. The number of hydrogen-bond acceptors (Lipinski definition) is 3. The summed E-state index contributed by atoms with van der Waals surface area (Å²) in [6.07, 6.45) is 4.66. The van der Waals surface area contributed by atoms with Gasteiger partial charge in [0.25, 0.3) is 0 Å². The first-order chi connectivity index (χ1) is 10.4. The van der Waals surface area contributed by atoms with Gasteiger partial charge in [0.05, 0.1) is 24.8 Å². The van der Waals surface area contributed by atoms with E-state index in [0.717, 1.165) is 18.5 Å². The van der Waals surface area contributed by atoms with E-state index in [1.54, 1.807) is 13.8 Å². The van der Waals surface area contributed by atoms with Crippen molar-refractivity contribution in [1.29, 1.82) is 0 Å². The van der Waals surface area contributed by atoms with E-state index in [9.17, 15) is 9.90 Å². The topological polar surface area (TPSA) is 67.2 Å². The van der Waals surface area contributed by atoms with Crippen molar-refractivity contribution in [2.24, 2.45) is 0 Å². The van der Waals surface area contributed by atoms with Crippen molar-refractivity contribution in [2.75, 3.05) is 6.54 Å². The van der Waals surface area contributed by atoms with Crippen LogP contribution in [0.15, 0.2) is 42.7 Å². The van der Waals surface area contributed by atoms with Crippen molar-refractivity contribution in [3.8, 4) is 0 Å².